The number of nitrogens with zero attached hydrogens (tertiary/aromatic N) is 2. The summed E-state index contributed by atoms with van der Waals surface area (Å²) in [4.78, 5) is 8.08. The molecule has 1 fully saturated rings. The van der Waals surface area contributed by atoms with Crippen molar-refractivity contribution in [2.75, 3.05) is 5.32 Å². The summed E-state index contributed by atoms with van der Waals surface area (Å²) in [5, 5.41) is 3.68. The Morgan fingerprint density at radius 3 is 2.92 bits per heavy atom. The number of aromatic nitrogens is 2. The zero-order valence-corrected chi connectivity index (χ0v) is 9.79. The highest BCUT2D eigenvalue weighted by Gasteiger charge is 2.27. The molecule has 1 aromatic heterocycles. The highest BCUT2D eigenvalue weighted by Crippen LogP contribution is 2.28. The molecule has 1 aliphatic rings. The zero-order chi connectivity index (χ0) is 9.26. The van der Waals surface area contributed by atoms with Gasteiger partial charge in [-0.15, -0.1) is 11.6 Å². The number of anilines is 1. The molecule has 3 nitrogen and oxygen atoms in total. The van der Waals surface area contributed by atoms with Crippen molar-refractivity contribution in [1.29, 1.82) is 0 Å². The van der Waals surface area contributed by atoms with E-state index in [4.69, 9.17) is 11.6 Å². The molecule has 1 aromatic rings. The highest BCUT2D eigenvalue weighted by molar-refractivity contribution is 14.1. The van der Waals surface area contributed by atoms with Crippen LogP contribution in [0.5, 0.6) is 0 Å². The quantitative estimate of drug-likeness (QED) is 0.673. The molecule has 1 N–H and O–H groups in total. The van der Waals surface area contributed by atoms with Crippen molar-refractivity contribution < 1.29 is 0 Å². The molecular formula is C8H9ClIN3. The summed E-state index contributed by atoms with van der Waals surface area (Å²) in [6.45, 7) is 0. The van der Waals surface area contributed by atoms with Crippen molar-refractivity contribution in [3.8, 4) is 0 Å². The fraction of sp³-hybridized carbons (Fsp3) is 0.500. The predicted octanol–water partition coefficient (Wildman–Crippen LogP) is 2.26. The van der Waals surface area contributed by atoms with Crippen molar-refractivity contribution in [3.63, 3.8) is 0 Å². The lowest BCUT2D eigenvalue weighted by Gasteiger charge is -2.32. The third-order valence-corrected chi connectivity index (χ3v) is 3.23. The first-order valence-electron chi connectivity index (χ1n) is 4.12. The Kier molecular flexibility index (Phi) is 2.88. The van der Waals surface area contributed by atoms with Gasteiger partial charge in [0.2, 0.25) is 0 Å². The van der Waals surface area contributed by atoms with Gasteiger partial charge < -0.3 is 5.32 Å². The summed E-state index contributed by atoms with van der Waals surface area (Å²) in [6.07, 6.45) is 5.41. The van der Waals surface area contributed by atoms with Gasteiger partial charge in [0.15, 0.2) is 0 Å². The second kappa shape index (κ2) is 3.96. The molecule has 13 heavy (non-hydrogen) atoms. The summed E-state index contributed by atoms with van der Waals surface area (Å²) in [6, 6.07) is 0.492. The SMILES string of the molecule is ClC1CC(Nc2ncncc2I)C1. The maximum Gasteiger partial charge on any atom is 0.143 e. The topological polar surface area (TPSA) is 37.8 Å². The van der Waals surface area contributed by atoms with Gasteiger partial charge in [0.1, 0.15) is 12.1 Å². The number of hydrogen-bond acceptors (Lipinski definition) is 3. The monoisotopic (exact) mass is 309 g/mol. The molecular weight excluding hydrogens is 300 g/mol. The van der Waals surface area contributed by atoms with Gasteiger partial charge in [-0.05, 0) is 35.4 Å². The minimum absolute atomic E-state index is 0.344. The van der Waals surface area contributed by atoms with Crippen molar-refractivity contribution in [3.05, 3.63) is 16.1 Å². The van der Waals surface area contributed by atoms with Crippen LogP contribution in [0.1, 0.15) is 12.8 Å². The predicted molar refractivity (Wildman–Crippen MR) is 61.0 cm³/mol. The fourth-order valence-electron chi connectivity index (χ4n) is 1.28. The van der Waals surface area contributed by atoms with Crippen molar-refractivity contribution in [2.45, 2.75) is 24.3 Å². The first kappa shape index (κ1) is 9.45. The van der Waals surface area contributed by atoms with Crippen LogP contribution >= 0.6 is 34.2 Å². The molecule has 2 rings (SSSR count). The number of hydrogen-bond donors (Lipinski definition) is 1. The van der Waals surface area contributed by atoms with Crippen LogP contribution in [0.2, 0.25) is 0 Å². The van der Waals surface area contributed by atoms with Gasteiger partial charge >= 0.3 is 0 Å². The van der Waals surface area contributed by atoms with Crippen molar-refractivity contribution in [2.24, 2.45) is 0 Å². The van der Waals surface area contributed by atoms with Gasteiger partial charge in [0.25, 0.3) is 0 Å². The van der Waals surface area contributed by atoms with Crippen LogP contribution in [0.3, 0.4) is 0 Å². The summed E-state index contributed by atoms with van der Waals surface area (Å²) in [5.41, 5.74) is 0. The largest absolute Gasteiger partial charge is 0.366 e. The second-order valence-electron chi connectivity index (χ2n) is 3.13. The van der Waals surface area contributed by atoms with E-state index in [1.807, 2.05) is 0 Å². The summed E-state index contributed by atoms with van der Waals surface area (Å²) in [7, 11) is 0. The van der Waals surface area contributed by atoms with Crippen LogP contribution in [0.15, 0.2) is 12.5 Å². The molecule has 0 spiro atoms. The van der Waals surface area contributed by atoms with Crippen molar-refractivity contribution in [1.82, 2.24) is 9.97 Å². The molecule has 0 amide bonds. The summed E-state index contributed by atoms with van der Waals surface area (Å²) >= 11 is 8.09. The normalized spacial score (nSPS) is 26.6. The molecule has 0 unspecified atom stereocenters. The second-order valence-corrected chi connectivity index (χ2v) is 4.91. The van der Waals surface area contributed by atoms with E-state index < -0.39 is 0 Å². The van der Waals surface area contributed by atoms with E-state index in [0.717, 1.165) is 22.2 Å². The fourth-order valence-corrected chi connectivity index (χ4v) is 2.16. The van der Waals surface area contributed by atoms with E-state index in [9.17, 15) is 0 Å². The van der Waals surface area contributed by atoms with E-state index in [1.54, 1.807) is 12.5 Å². The molecule has 1 heterocycles. The molecule has 5 heteroatoms. The van der Waals surface area contributed by atoms with Crippen LogP contribution < -0.4 is 5.32 Å². The number of halogens is 2. The maximum atomic E-state index is 5.88. The number of rotatable bonds is 2. The molecule has 0 radical (unpaired) electrons. The maximum absolute atomic E-state index is 5.88. The molecule has 0 atom stereocenters. The lowest BCUT2D eigenvalue weighted by atomic mass is 9.92. The summed E-state index contributed by atoms with van der Waals surface area (Å²) < 4.78 is 1.05. The standard InChI is InChI=1S/C8H9ClIN3/c9-5-1-6(2-5)13-8-7(10)3-11-4-12-8/h3-6H,1-2H2,(H,11,12,13). The van der Waals surface area contributed by atoms with E-state index in [-0.39, 0.29) is 0 Å². The van der Waals surface area contributed by atoms with Crippen molar-refractivity contribution >= 4 is 40.0 Å². The van der Waals surface area contributed by atoms with Gasteiger partial charge in [0.05, 0.1) is 3.57 Å². The molecule has 1 aliphatic carbocycles. The average molecular weight is 310 g/mol. The highest BCUT2D eigenvalue weighted by atomic mass is 127. The number of nitrogens with one attached hydrogen (secondary N) is 1. The van der Waals surface area contributed by atoms with Gasteiger partial charge in [-0.3, -0.25) is 0 Å². The molecule has 1 saturated carbocycles. The van der Waals surface area contributed by atoms with E-state index in [2.05, 4.69) is 37.9 Å². The van der Waals surface area contributed by atoms with Crippen LogP contribution in [0.25, 0.3) is 0 Å². The minimum atomic E-state index is 0.344. The molecule has 0 aliphatic heterocycles. The Morgan fingerprint density at radius 2 is 2.31 bits per heavy atom. The van der Waals surface area contributed by atoms with Gasteiger partial charge in [-0.25, -0.2) is 9.97 Å². The Bertz CT molecular complexity index is 301. The van der Waals surface area contributed by atoms with E-state index in [1.165, 1.54) is 0 Å². The zero-order valence-electron chi connectivity index (χ0n) is 6.87. The van der Waals surface area contributed by atoms with E-state index >= 15 is 0 Å². The average Bonchev–Trinajstić information content (AvgIpc) is 2.06. The Balaban J connectivity index is 1.98. The van der Waals surface area contributed by atoms with Crippen LogP contribution in [0, 0.1) is 3.57 Å². The molecule has 70 valence electrons. The van der Waals surface area contributed by atoms with Crippen LogP contribution in [-0.2, 0) is 0 Å². The smallest absolute Gasteiger partial charge is 0.143 e. The van der Waals surface area contributed by atoms with Gasteiger partial charge in [-0.2, -0.15) is 0 Å². The third kappa shape index (κ3) is 2.22. The van der Waals surface area contributed by atoms with Crippen LogP contribution in [-0.4, -0.2) is 21.4 Å². The van der Waals surface area contributed by atoms with Gasteiger partial charge in [-0.1, -0.05) is 0 Å². The first-order valence-corrected chi connectivity index (χ1v) is 5.63. The lowest BCUT2D eigenvalue weighted by Crippen LogP contribution is -2.36. The number of alkyl halides is 1. The van der Waals surface area contributed by atoms with Crippen LogP contribution in [0.4, 0.5) is 5.82 Å². The van der Waals surface area contributed by atoms with E-state index in [0.29, 0.717) is 11.4 Å². The summed E-state index contributed by atoms with van der Waals surface area (Å²) in [5.74, 6) is 0.921. The molecule has 0 aromatic carbocycles. The Hall–Kier alpha value is -0.100. The molecule has 0 saturated heterocycles. The van der Waals surface area contributed by atoms with Gasteiger partial charge in [0, 0.05) is 17.6 Å². The lowest BCUT2D eigenvalue weighted by molar-refractivity contribution is 0.453. The first-order chi connectivity index (χ1) is 6.25. The minimum Gasteiger partial charge on any atom is -0.366 e. The third-order valence-electron chi connectivity index (χ3n) is 2.09. The Morgan fingerprint density at radius 1 is 1.54 bits per heavy atom. The molecule has 0 bridgehead atoms. The Labute approximate surface area is 95.4 Å².